The lowest BCUT2D eigenvalue weighted by Crippen LogP contribution is -2.32. The highest BCUT2D eigenvalue weighted by atomic mass is 35.5. The first-order valence-electron chi connectivity index (χ1n) is 9.13. The molecule has 0 bridgehead atoms. The molecule has 28 heavy (non-hydrogen) atoms. The van der Waals surface area contributed by atoms with Crippen LogP contribution in [0.5, 0.6) is 5.75 Å². The molecule has 0 N–H and O–H groups in total. The molecule has 0 fully saturated rings. The van der Waals surface area contributed by atoms with Crippen molar-refractivity contribution in [1.82, 2.24) is 4.90 Å². The van der Waals surface area contributed by atoms with E-state index in [2.05, 4.69) is 18.7 Å². The van der Waals surface area contributed by atoms with Gasteiger partial charge in [-0.2, -0.15) is 0 Å². The summed E-state index contributed by atoms with van der Waals surface area (Å²) in [5.41, 5.74) is 1.42. The van der Waals surface area contributed by atoms with Gasteiger partial charge in [0.1, 0.15) is 11.3 Å². The lowest BCUT2D eigenvalue weighted by Gasteiger charge is -2.25. The van der Waals surface area contributed by atoms with Crippen molar-refractivity contribution in [1.29, 1.82) is 0 Å². The molecule has 0 spiro atoms. The molecule has 0 aliphatic carbocycles. The summed E-state index contributed by atoms with van der Waals surface area (Å²) < 4.78 is 15.9. The Labute approximate surface area is 176 Å². The van der Waals surface area contributed by atoms with Crippen LogP contribution in [0.4, 0.5) is 0 Å². The number of benzene rings is 1. The highest BCUT2D eigenvalue weighted by Crippen LogP contribution is 2.29. The predicted octanol–water partition coefficient (Wildman–Crippen LogP) is 3.91. The Kier molecular flexibility index (Phi) is 9.79. The summed E-state index contributed by atoms with van der Waals surface area (Å²) in [5, 5.41) is 0.816. The van der Waals surface area contributed by atoms with Crippen LogP contribution in [-0.4, -0.2) is 42.7 Å². The number of carbonyl (C=O) groups is 1. The van der Waals surface area contributed by atoms with Crippen molar-refractivity contribution in [3.05, 3.63) is 39.7 Å². The maximum Gasteiger partial charge on any atom is 0.344 e. The maximum atomic E-state index is 11.7. The first-order chi connectivity index (χ1) is 12.9. The average Bonchev–Trinajstić information content (AvgIpc) is 2.61. The average molecular weight is 432 g/mol. The molecule has 1 aromatic carbocycles. The minimum Gasteiger partial charge on any atom is -0.481 e. The fourth-order valence-electron chi connectivity index (χ4n) is 2.95. The molecule has 6 nitrogen and oxygen atoms in total. The van der Waals surface area contributed by atoms with E-state index in [1.54, 1.807) is 13.0 Å². The molecule has 0 aliphatic heterocycles. The number of carbonyl (C=O) groups excluding carboxylic acids is 1. The van der Waals surface area contributed by atoms with Gasteiger partial charge in [-0.3, -0.25) is 4.90 Å². The van der Waals surface area contributed by atoms with Crippen LogP contribution >= 0.6 is 24.0 Å². The van der Waals surface area contributed by atoms with E-state index >= 15 is 0 Å². The number of likely N-dealkylation sites (N-methyl/N-ethyl adjacent to an activating group) is 1. The third kappa shape index (κ3) is 6.12. The molecule has 1 aromatic heterocycles. The van der Waals surface area contributed by atoms with Crippen molar-refractivity contribution in [2.24, 2.45) is 0 Å². The standard InChI is InChI=1S/C20H26ClNO5.ClH/c1-5-22(6-2)18(21)10-14-9-15-13(4)8-19(23)27-17(15)11-16(14)26-12-20(24)25-7-3;/h8-9,11,18H,5-7,10,12H2,1-4H3;1H. The summed E-state index contributed by atoms with van der Waals surface area (Å²) in [7, 11) is 0. The molecule has 0 aliphatic rings. The van der Waals surface area contributed by atoms with Crippen molar-refractivity contribution in [3.63, 3.8) is 0 Å². The molecular weight excluding hydrogens is 405 g/mol. The van der Waals surface area contributed by atoms with Crippen molar-refractivity contribution >= 4 is 40.9 Å². The van der Waals surface area contributed by atoms with E-state index in [1.807, 2.05) is 13.0 Å². The van der Waals surface area contributed by atoms with Crippen LogP contribution in [0.25, 0.3) is 11.0 Å². The second-order valence-corrected chi connectivity index (χ2v) is 6.66. The quantitative estimate of drug-likeness (QED) is 0.259. The Morgan fingerprint density at radius 2 is 1.89 bits per heavy atom. The zero-order valence-corrected chi connectivity index (χ0v) is 18.2. The Morgan fingerprint density at radius 3 is 2.50 bits per heavy atom. The molecule has 2 aromatic rings. The number of fused-ring (bicyclic) bond motifs is 1. The molecule has 8 heteroatoms. The SMILES string of the molecule is CCOC(=O)COc1cc2oc(=O)cc(C)c2cc1CC(Cl)N(CC)CC.Cl. The van der Waals surface area contributed by atoms with Crippen LogP contribution in [0.2, 0.25) is 0 Å². The number of ether oxygens (including phenoxy) is 2. The molecular formula is C20H27Cl2NO5. The summed E-state index contributed by atoms with van der Waals surface area (Å²) in [5.74, 6) is 0.00233. The van der Waals surface area contributed by atoms with E-state index in [1.165, 1.54) is 6.07 Å². The van der Waals surface area contributed by atoms with Gasteiger partial charge in [0.15, 0.2) is 6.61 Å². The van der Waals surface area contributed by atoms with Crippen molar-refractivity contribution in [2.45, 2.75) is 39.6 Å². The highest BCUT2D eigenvalue weighted by molar-refractivity contribution is 6.20. The third-order valence-corrected chi connectivity index (χ3v) is 4.81. The zero-order valence-electron chi connectivity index (χ0n) is 16.6. The van der Waals surface area contributed by atoms with E-state index in [-0.39, 0.29) is 31.1 Å². The largest absolute Gasteiger partial charge is 0.481 e. The fourth-order valence-corrected chi connectivity index (χ4v) is 3.40. The number of aryl methyl sites for hydroxylation is 1. The molecule has 1 atom stereocenters. The Balaban J connectivity index is 0.00000392. The predicted molar refractivity (Wildman–Crippen MR) is 113 cm³/mol. The van der Waals surface area contributed by atoms with Gasteiger partial charge in [-0.1, -0.05) is 13.8 Å². The van der Waals surface area contributed by atoms with Gasteiger partial charge in [-0.25, -0.2) is 9.59 Å². The molecule has 1 unspecified atom stereocenters. The van der Waals surface area contributed by atoms with E-state index in [4.69, 9.17) is 25.5 Å². The van der Waals surface area contributed by atoms with Crippen LogP contribution in [0, 0.1) is 6.92 Å². The number of rotatable bonds is 9. The summed E-state index contributed by atoms with van der Waals surface area (Å²) >= 11 is 6.59. The van der Waals surface area contributed by atoms with Gasteiger partial charge in [0.25, 0.3) is 0 Å². The molecule has 0 saturated heterocycles. The fraction of sp³-hybridized carbons (Fsp3) is 0.500. The van der Waals surface area contributed by atoms with Crippen LogP contribution in [0.15, 0.2) is 27.4 Å². The number of halogens is 2. The van der Waals surface area contributed by atoms with E-state index in [0.29, 0.717) is 17.8 Å². The minimum atomic E-state index is -0.458. The Bertz CT molecular complexity index is 848. The van der Waals surface area contributed by atoms with Gasteiger partial charge in [-0.05, 0) is 44.1 Å². The molecule has 156 valence electrons. The van der Waals surface area contributed by atoms with E-state index in [9.17, 15) is 9.59 Å². The maximum absolute atomic E-state index is 11.7. The van der Waals surface area contributed by atoms with Crippen LogP contribution in [-0.2, 0) is 16.0 Å². The summed E-state index contributed by atoms with van der Waals surface area (Å²) in [6, 6.07) is 5.00. The number of hydrogen-bond donors (Lipinski definition) is 0. The molecule has 2 rings (SSSR count). The lowest BCUT2D eigenvalue weighted by atomic mass is 10.0. The normalized spacial score (nSPS) is 11.9. The first kappa shape index (κ1) is 24.3. The van der Waals surface area contributed by atoms with Gasteiger partial charge in [-0.15, -0.1) is 24.0 Å². The zero-order chi connectivity index (χ0) is 20.0. The van der Waals surface area contributed by atoms with Crippen LogP contribution in [0.3, 0.4) is 0 Å². The van der Waals surface area contributed by atoms with Gasteiger partial charge >= 0.3 is 11.6 Å². The monoisotopic (exact) mass is 431 g/mol. The Hall–Kier alpha value is -1.76. The smallest absolute Gasteiger partial charge is 0.344 e. The van der Waals surface area contributed by atoms with Crippen LogP contribution < -0.4 is 10.4 Å². The Morgan fingerprint density at radius 1 is 1.21 bits per heavy atom. The van der Waals surface area contributed by atoms with Crippen molar-refractivity contribution in [3.8, 4) is 5.75 Å². The van der Waals surface area contributed by atoms with Gasteiger partial charge in [0.05, 0.1) is 12.1 Å². The van der Waals surface area contributed by atoms with E-state index < -0.39 is 11.6 Å². The number of hydrogen-bond acceptors (Lipinski definition) is 6. The van der Waals surface area contributed by atoms with E-state index in [0.717, 1.165) is 29.6 Å². The van der Waals surface area contributed by atoms with Crippen molar-refractivity contribution in [2.75, 3.05) is 26.3 Å². The second kappa shape index (κ2) is 11.3. The second-order valence-electron chi connectivity index (χ2n) is 6.16. The van der Waals surface area contributed by atoms with Gasteiger partial charge in [0.2, 0.25) is 0 Å². The summed E-state index contributed by atoms with van der Waals surface area (Å²) in [6.07, 6.45) is 0.524. The lowest BCUT2D eigenvalue weighted by molar-refractivity contribution is -0.145. The number of nitrogens with zero attached hydrogens (tertiary/aromatic N) is 1. The van der Waals surface area contributed by atoms with Crippen LogP contribution in [0.1, 0.15) is 31.9 Å². The molecule has 0 saturated carbocycles. The summed E-state index contributed by atoms with van der Waals surface area (Å²) in [4.78, 5) is 25.5. The van der Waals surface area contributed by atoms with Gasteiger partial charge in [0, 0.05) is 23.9 Å². The highest BCUT2D eigenvalue weighted by Gasteiger charge is 2.18. The number of alkyl halides is 1. The molecule has 0 amide bonds. The van der Waals surface area contributed by atoms with Gasteiger partial charge < -0.3 is 13.9 Å². The minimum absolute atomic E-state index is 0. The summed E-state index contributed by atoms with van der Waals surface area (Å²) in [6.45, 7) is 9.40. The molecule has 1 heterocycles. The third-order valence-electron chi connectivity index (χ3n) is 4.38. The first-order valence-corrected chi connectivity index (χ1v) is 9.57. The van der Waals surface area contributed by atoms with Crippen molar-refractivity contribution < 1.29 is 18.7 Å². The topological polar surface area (TPSA) is 69.0 Å². The molecule has 0 radical (unpaired) electrons. The number of esters is 1.